The monoisotopic (exact) mass is 538 g/mol. The number of carbonyl (C=O) groups excluding carboxylic acids is 2. The largest absolute Gasteiger partial charge is 0.457 e. The van der Waals surface area contributed by atoms with Crippen LogP contribution in [-0.4, -0.2) is 27.6 Å². The number of thiocarbonyl (C=S) groups is 1. The van der Waals surface area contributed by atoms with Crippen molar-refractivity contribution in [3.63, 3.8) is 0 Å². The summed E-state index contributed by atoms with van der Waals surface area (Å²) in [5.74, 6) is 0.954. The molecule has 0 unspecified atom stereocenters. The highest BCUT2D eigenvalue weighted by atomic mass is 35.5. The lowest BCUT2D eigenvalue weighted by Crippen LogP contribution is -2.27. The van der Waals surface area contributed by atoms with Crippen molar-refractivity contribution in [3.05, 3.63) is 87.0 Å². The number of furan rings is 1. The third kappa shape index (κ3) is 6.27. The van der Waals surface area contributed by atoms with Crippen LogP contribution in [0.25, 0.3) is 17.4 Å². The van der Waals surface area contributed by atoms with Crippen LogP contribution < -0.4 is 5.32 Å². The van der Waals surface area contributed by atoms with Crippen molar-refractivity contribution >= 4 is 57.8 Å². The van der Waals surface area contributed by atoms with Crippen molar-refractivity contribution in [2.45, 2.75) is 39.7 Å². The molecule has 8 heteroatoms. The highest BCUT2D eigenvalue weighted by molar-refractivity contribution is 8.26. The van der Waals surface area contributed by atoms with E-state index in [0.717, 1.165) is 36.0 Å². The van der Waals surface area contributed by atoms with E-state index in [-0.39, 0.29) is 11.8 Å². The molecule has 0 radical (unpaired) electrons. The maximum atomic E-state index is 13.0. The molecule has 0 aliphatic carbocycles. The first-order valence-corrected chi connectivity index (χ1v) is 13.4. The van der Waals surface area contributed by atoms with Gasteiger partial charge in [0, 0.05) is 28.8 Å². The molecule has 36 heavy (non-hydrogen) atoms. The van der Waals surface area contributed by atoms with E-state index >= 15 is 0 Å². The van der Waals surface area contributed by atoms with Gasteiger partial charge in [-0.15, -0.1) is 0 Å². The average Bonchev–Trinajstić information content (AvgIpc) is 3.43. The number of carbonyl (C=O) groups is 2. The van der Waals surface area contributed by atoms with Gasteiger partial charge in [-0.25, -0.2) is 0 Å². The molecule has 186 valence electrons. The second-order valence-corrected chi connectivity index (χ2v) is 10.7. The topological polar surface area (TPSA) is 62.6 Å². The molecular formula is C28H27ClN2O3S2. The van der Waals surface area contributed by atoms with E-state index in [9.17, 15) is 9.59 Å². The number of amides is 2. The Bertz CT molecular complexity index is 1310. The third-order valence-corrected chi connectivity index (χ3v) is 7.54. The molecule has 2 amide bonds. The minimum atomic E-state index is -0.172. The van der Waals surface area contributed by atoms with E-state index < -0.39 is 0 Å². The lowest BCUT2D eigenvalue weighted by Gasteiger charge is -2.15. The number of benzene rings is 2. The fourth-order valence-electron chi connectivity index (χ4n) is 3.77. The number of nitrogens with one attached hydrogen (secondary N) is 1. The zero-order valence-electron chi connectivity index (χ0n) is 20.2. The van der Waals surface area contributed by atoms with E-state index in [2.05, 4.69) is 12.2 Å². The summed E-state index contributed by atoms with van der Waals surface area (Å²) in [5.41, 5.74) is 3.36. The van der Waals surface area contributed by atoms with Gasteiger partial charge in [0.15, 0.2) is 0 Å². The number of thioether (sulfide) groups is 1. The van der Waals surface area contributed by atoms with Crippen LogP contribution >= 0.6 is 35.6 Å². The fourth-order valence-corrected chi connectivity index (χ4v) is 5.30. The summed E-state index contributed by atoms with van der Waals surface area (Å²) in [7, 11) is 0. The lowest BCUT2D eigenvalue weighted by molar-refractivity contribution is -0.122. The maximum Gasteiger partial charge on any atom is 0.266 e. The van der Waals surface area contributed by atoms with Gasteiger partial charge in [-0.2, -0.15) is 0 Å². The Balaban J connectivity index is 1.42. The average molecular weight is 539 g/mol. The van der Waals surface area contributed by atoms with Crippen molar-refractivity contribution in [2.24, 2.45) is 0 Å². The third-order valence-electron chi connectivity index (χ3n) is 5.81. The van der Waals surface area contributed by atoms with E-state index in [0.29, 0.717) is 44.4 Å². The van der Waals surface area contributed by atoms with Crippen molar-refractivity contribution in [3.8, 4) is 11.3 Å². The van der Waals surface area contributed by atoms with Gasteiger partial charge in [-0.3, -0.25) is 14.5 Å². The molecular weight excluding hydrogens is 512 g/mol. The first kappa shape index (κ1) is 26.2. The van der Waals surface area contributed by atoms with Gasteiger partial charge < -0.3 is 9.73 Å². The zero-order chi connectivity index (χ0) is 25.7. The number of halogens is 1. The van der Waals surface area contributed by atoms with Gasteiger partial charge >= 0.3 is 0 Å². The second-order valence-electron chi connectivity index (χ2n) is 8.61. The summed E-state index contributed by atoms with van der Waals surface area (Å²) >= 11 is 13.1. The number of hydrogen-bond donors (Lipinski definition) is 1. The molecule has 2 heterocycles. The molecule has 0 atom stereocenters. The molecule has 4 rings (SSSR count). The molecule has 1 fully saturated rings. The zero-order valence-corrected chi connectivity index (χ0v) is 22.6. The molecule has 2 aromatic carbocycles. The lowest BCUT2D eigenvalue weighted by atomic mass is 10.1. The normalized spacial score (nSPS) is 14.6. The van der Waals surface area contributed by atoms with E-state index in [4.69, 9.17) is 28.2 Å². The highest BCUT2D eigenvalue weighted by Gasteiger charge is 2.32. The molecule has 0 saturated carbocycles. The summed E-state index contributed by atoms with van der Waals surface area (Å²) < 4.78 is 6.45. The summed E-state index contributed by atoms with van der Waals surface area (Å²) in [6.07, 6.45) is 4.91. The molecule has 0 bridgehead atoms. The predicted octanol–water partition coefficient (Wildman–Crippen LogP) is 7.23. The fraction of sp³-hybridized carbons (Fsp3) is 0.250. The van der Waals surface area contributed by atoms with Crippen LogP contribution in [0.5, 0.6) is 0 Å². The van der Waals surface area contributed by atoms with Crippen molar-refractivity contribution in [2.75, 3.05) is 6.54 Å². The van der Waals surface area contributed by atoms with Crippen molar-refractivity contribution in [1.29, 1.82) is 0 Å². The van der Waals surface area contributed by atoms with E-state index in [1.807, 2.05) is 49.4 Å². The van der Waals surface area contributed by atoms with Gasteiger partial charge in [0.2, 0.25) is 0 Å². The van der Waals surface area contributed by atoms with Crippen LogP contribution in [0.15, 0.2) is 63.9 Å². The van der Waals surface area contributed by atoms with Crippen LogP contribution in [0.2, 0.25) is 5.02 Å². The number of nitrogens with zero attached hydrogens (tertiary/aromatic N) is 1. The molecule has 1 N–H and O–H groups in total. The minimum Gasteiger partial charge on any atom is -0.457 e. The Morgan fingerprint density at radius 2 is 1.92 bits per heavy atom. The summed E-state index contributed by atoms with van der Waals surface area (Å²) in [6.45, 7) is 5.10. The Labute approximate surface area is 225 Å². The number of rotatable bonds is 9. The quantitative estimate of drug-likeness (QED) is 0.177. The van der Waals surface area contributed by atoms with Crippen LogP contribution in [0, 0.1) is 6.92 Å². The van der Waals surface area contributed by atoms with Gasteiger partial charge in [0.1, 0.15) is 15.8 Å². The van der Waals surface area contributed by atoms with Crippen LogP contribution in [0.4, 0.5) is 0 Å². The van der Waals surface area contributed by atoms with Gasteiger partial charge in [0.05, 0.1) is 11.4 Å². The number of unbranched alkanes of at least 4 members (excludes halogenated alkanes) is 2. The first-order chi connectivity index (χ1) is 17.4. The Hall–Kier alpha value is -2.87. The molecule has 3 aromatic rings. The van der Waals surface area contributed by atoms with E-state index in [1.165, 1.54) is 11.8 Å². The smallest absolute Gasteiger partial charge is 0.266 e. The molecule has 0 spiro atoms. The van der Waals surface area contributed by atoms with Crippen LogP contribution in [0.3, 0.4) is 0 Å². The Morgan fingerprint density at radius 3 is 2.64 bits per heavy atom. The van der Waals surface area contributed by atoms with Gasteiger partial charge in [-0.05, 0) is 54.8 Å². The Morgan fingerprint density at radius 1 is 1.14 bits per heavy atom. The van der Waals surface area contributed by atoms with Crippen molar-refractivity contribution < 1.29 is 14.0 Å². The van der Waals surface area contributed by atoms with Crippen molar-refractivity contribution in [1.82, 2.24) is 10.2 Å². The molecule has 1 aliphatic rings. The highest BCUT2D eigenvalue weighted by Crippen LogP contribution is 2.35. The van der Waals surface area contributed by atoms with Gasteiger partial charge in [-0.1, -0.05) is 79.6 Å². The summed E-state index contributed by atoms with van der Waals surface area (Å²) in [4.78, 5) is 27.4. The SMILES string of the molecule is CCCCCNC(=O)c1ccc(-c2ccc(/C=C3/SC(=S)N(Cc4ccc(C)cc4Cl)C3=O)o2)cc1. The number of aryl methyl sites for hydroxylation is 1. The first-order valence-electron chi connectivity index (χ1n) is 11.8. The molecule has 1 saturated heterocycles. The molecule has 5 nitrogen and oxygen atoms in total. The maximum absolute atomic E-state index is 13.0. The Kier molecular flexibility index (Phi) is 8.67. The summed E-state index contributed by atoms with van der Waals surface area (Å²) in [5, 5.41) is 3.56. The molecule has 1 aliphatic heterocycles. The minimum absolute atomic E-state index is 0.0771. The predicted molar refractivity (Wildman–Crippen MR) is 151 cm³/mol. The standard InChI is InChI=1S/C28H27ClN2O3S2/c1-3-4-5-14-30-26(32)20-10-8-19(9-11-20)24-13-12-22(34-24)16-25-27(33)31(28(35)36-25)17-21-7-6-18(2)15-23(21)29/h6-13,15-16H,3-5,14,17H2,1-2H3,(H,30,32)/b25-16+. The van der Waals surface area contributed by atoms with E-state index in [1.54, 1.807) is 23.1 Å². The van der Waals surface area contributed by atoms with Gasteiger partial charge in [0.25, 0.3) is 11.8 Å². The van der Waals surface area contributed by atoms with Crippen LogP contribution in [-0.2, 0) is 11.3 Å². The molecule has 1 aromatic heterocycles. The van der Waals surface area contributed by atoms with Crippen LogP contribution in [0.1, 0.15) is 53.4 Å². The number of hydrogen-bond acceptors (Lipinski definition) is 5. The summed E-state index contributed by atoms with van der Waals surface area (Å²) in [6, 6.07) is 16.7. The second kappa shape index (κ2) is 11.9.